The van der Waals surface area contributed by atoms with Crippen molar-refractivity contribution < 1.29 is 4.90 Å². The van der Waals surface area contributed by atoms with Gasteiger partial charge in [0.15, 0.2) is 6.04 Å². The van der Waals surface area contributed by atoms with Crippen LogP contribution in [0.25, 0.3) is 10.9 Å². The first kappa shape index (κ1) is 19.4. The van der Waals surface area contributed by atoms with Crippen molar-refractivity contribution >= 4 is 10.9 Å². The summed E-state index contributed by atoms with van der Waals surface area (Å²) in [6, 6.07) is 8.46. The molecule has 0 amide bonds. The highest BCUT2D eigenvalue weighted by molar-refractivity contribution is 5.79. The molecular formula is C23H31N6O+. The minimum Gasteiger partial charge on any atom is -0.322 e. The molecule has 1 atom stereocenters. The Hall–Kier alpha value is -2.54. The number of likely N-dealkylation sites (tertiary alicyclic amines) is 1. The average Bonchev–Trinajstić information content (AvgIpc) is 3.25. The van der Waals surface area contributed by atoms with Crippen LogP contribution in [-0.4, -0.2) is 38.3 Å². The van der Waals surface area contributed by atoms with E-state index < -0.39 is 0 Å². The molecule has 5 rings (SSSR count). The Morgan fingerprint density at radius 1 is 1.07 bits per heavy atom. The number of fused-ring (bicyclic) bond motifs is 1. The van der Waals surface area contributed by atoms with Crippen molar-refractivity contribution in [1.29, 1.82) is 0 Å². The molecule has 2 aliphatic rings. The van der Waals surface area contributed by atoms with E-state index in [9.17, 15) is 4.79 Å². The smallest absolute Gasteiger partial charge is 0.258 e. The van der Waals surface area contributed by atoms with Gasteiger partial charge in [0.1, 0.15) is 0 Å². The van der Waals surface area contributed by atoms with Crippen LogP contribution in [0.5, 0.6) is 0 Å². The molecule has 7 heteroatoms. The molecule has 0 radical (unpaired) electrons. The second-order valence-electron chi connectivity index (χ2n) is 9.07. The molecule has 0 bridgehead atoms. The summed E-state index contributed by atoms with van der Waals surface area (Å²) >= 11 is 0. The fourth-order valence-corrected chi connectivity index (χ4v) is 5.37. The molecule has 1 saturated carbocycles. The van der Waals surface area contributed by atoms with Gasteiger partial charge in [0.2, 0.25) is 5.82 Å². The fourth-order valence-electron chi connectivity index (χ4n) is 5.37. The summed E-state index contributed by atoms with van der Waals surface area (Å²) in [5.41, 5.74) is 2.84. The van der Waals surface area contributed by atoms with Gasteiger partial charge < -0.3 is 9.88 Å². The number of nitrogens with one attached hydrogen (secondary N) is 2. The molecule has 2 fully saturated rings. The SMILES string of the molecule is Cc1ccc2[nH]c(=O)c([C@H](c3nnnn3C3CCCCC3)[NH+]3CCCCC3)cc2c1. The Bertz CT molecular complexity index is 1070. The van der Waals surface area contributed by atoms with Crippen LogP contribution in [-0.2, 0) is 0 Å². The van der Waals surface area contributed by atoms with Crippen LogP contribution in [0.1, 0.15) is 80.4 Å². The van der Waals surface area contributed by atoms with Gasteiger partial charge in [-0.2, -0.15) is 0 Å². The van der Waals surface area contributed by atoms with Crippen molar-refractivity contribution in [3.63, 3.8) is 0 Å². The van der Waals surface area contributed by atoms with E-state index in [4.69, 9.17) is 0 Å². The number of aromatic amines is 1. The van der Waals surface area contributed by atoms with Crippen molar-refractivity contribution in [2.45, 2.75) is 70.4 Å². The molecule has 1 aromatic carbocycles. The quantitative estimate of drug-likeness (QED) is 0.696. The monoisotopic (exact) mass is 407 g/mol. The van der Waals surface area contributed by atoms with Crippen molar-refractivity contribution in [3.05, 3.63) is 51.6 Å². The number of quaternary nitrogens is 1. The topological polar surface area (TPSA) is 80.9 Å². The van der Waals surface area contributed by atoms with Crippen LogP contribution in [0.3, 0.4) is 0 Å². The van der Waals surface area contributed by atoms with E-state index in [0.29, 0.717) is 6.04 Å². The lowest BCUT2D eigenvalue weighted by Crippen LogP contribution is -3.13. The van der Waals surface area contributed by atoms with Gasteiger partial charge >= 0.3 is 0 Å². The Labute approximate surface area is 176 Å². The summed E-state index contributed by atoms with van der Waals surface area (Å²) in [5.74, 6) is 0.858. The number of piperidine rings is 1. The molecule has 1 saturated heterocycles. The molecule has 0 spiro atoms. The number of hydrogen-bond donors (Lipinski definition) is 2. The third kappa shape index (κ3) is 3.67. The first-order valence-corrected chi connectivity index (χ1v) is 11.5. The number of pyridine rings is 1. The van der Waals surface area contributed by atoms with E-state index in [1.165, 1.54) is 49.0 Å². The zero-order chi connectivity index (χ0) is 20.5. The molecule has 30 heavy (non-hydrogen) atoms. The lowest BCUT2D eigenvalue weighted by molar-refractivity contribution is -0.931. The molecule has 7 nitrogen and oxygen atoms in total. The van der Waals surface area contributed by atoms with Gasteiger partial charge in [0.25, 0.3) is 5.56 Å². The van der Waals surface area contributed by atoms with E-state index >= 15 is 0 Å². The van der Waals surface area contributed by atoms with Crippen LogP contribution in [0, 0.1) is 6.92 Å². The summed E-state index contributed by atoms with van der Waals surface area (Å²) in [5, 5.41) is 14.1. The molecule has 0 unspecified atom stereocenters. The molecular weight excluding hydrogens is 376 g/mol. The minimum atomic E-state index is -0.129. The average molecular weight is 408 g/mol. The second-order valence-corrected chi connectivity index (χ2v) is 9.07. The third-order valence-corrected chi connectivity index (χ3v) is 6.94. The maximum atomic E-state index is 13.2. The molecule has 1 aliphatic heterocycles. The highest BCUT2D eigenvalue weighted by Crippen LogP contribution is 2.30. The summed E-state index contributed by atoms with van der Waals surface area (Å²) in [7, 11) is 0. The Kier molecular flexibility index (Phi) is 5.37. The lowest BCUT2D eigenvalue weighted by atomic mass is 9.94. The predicted molar refractivity (Wildman–Crippen MR) is 116 cm³/mol. The normalized spacial score (nSPS) is 19.9. The number of aryl methyl sites for hydroxylation is 1. The predicted octanol–water partition coefficient (Wildman–Crippen LogP) is 2.49. The van der Waals surface area contributed by atoms with Gasteiger partial charge in [0, 0.05) is 5.52 Å². The first-order chi connectivity index (χ1) is 14.7. The van der Waals surface area contributed by atoms with Crippen LogP contribution in [0.4, 0.5) is 0 Å². The second kappa shape index (κ2) is 8.30. The Morgan fingerprint density at radius 2 is 1.83 bits per heavy atom. The van der Waals surface area contributed by atoms with Gasteiger partial charge in [-0.3, -0.25) is 4.79 Å². The maximum Gasteiger partial charge on any atom is 0.258 e. The van der Waals surface area contributed by atoms with Crippen LogP contribution in [0.15, 0.2) is 29.1 Å². The Morgan fingerprint density at radius 3 is 2.63 bits per heavy atom. The molecule has 2 aromatic heterocycles. The zero-order valence-corrected chi connectivity index (χ0v) is 17.7. The zero-order valence-electron chi connectivity index (χ0n) is 17.7. The van der Waals surface area contributed by atoms with Gasteiger partial charge in [-0.05, 0) is 73.0 Å². The fraction of sp³-hybridized carbons (Fsp3) is 0.565. The molecule has 3 aromatic rings. The number of aromatic nitrogens is 5. The standard InChI is InChI=1S/C23H30N6O/c1-16-10-11-20-17(14-16)15-19(23(30)24-20)21(28-12-6-3-7-13-28)22-25-26-27-29(22)18-8-4-2-5-9-18/h10-11,14-15,18,21H,2-9,12-13H2,1H3,(H,24,30)/p+1/t21-/m1/s1. The van der Waals surface area contributed by atoms with E-state index in [-0.39, 0.29) is 11.6 Å². The van der Waals surface area contributed by atoms with Crippen molar-refractivity contribution in [2.24, 2.45) is 0 Å². The van der Waals surface area contributed by atoms with Crippen molar-refractivity contribution in [2.75, 3.05) is 13.1 Å². The lowest BCUT2D eigenvalue weighted by Gasteiger charge is -2.32. The highest BCUT2D eigenvalue weighted by Gasteiger charge is 2.36. The first-order valence-electron chi connectivity index (χ1n) is 11.5. The summed E-state index contributed by atoms with van der Waals surface area (Å²) in [6.45, 7) is 4.18. The molecule has 2 N–H and O–H groups in total. The number of tetrazole rings is 1. The third-order valence-electron chi connectivity index (χ3n) is 6.94. The maximum absolute atomic E-state index is 13.2. The number of nitrogens with zero attached hydrogens (tertiary/aromatic N) is 4. The van der Waals surface area contributed by atoms with Gasteiger partial charge in [-0.1, -0.05) is 30.9 Å². The largest absolute Gasteiger partial charge is 0.322 e. The van der Waals surface area contributed by atoms with E-state index in [0.717, 1.165) is 48.2 Å². The molecule has 3 heterocycles. The highest BCUT2D eigenvalue weighted by atomic mass is 16.1. The number of benzene rings is 1. The van der Waals surface area contributed by atoms with Crippen LogP contribution < -0.4 is 10.5 Å². The number of rotatable bonds is 4. The van der Waals surface area contributed by atoms with Gasteiger partial charge in [-0.25, -0.2) is 4.68 Å². The van der Waals surface area contributed by atoms with E-state index in [1.807, 2.05) is 16.8 Å². The number of hydrogen-bond acceptors (Lipinski definition) is 4. The van der Waals surface area contributed by atoms with E-state index in [2.05, 4.69) is 39.6 Å². The molecule has 1 aliphatic carbocycles. The van der Waals surface area contributed by atoms with Crippen molar-refractivity contribution in [1.82, 2.24) is 25.2 Å². The molecule has 158 valence electrons. The van der Waals surface area contributed by atoms with Crippen LogP contribution >= 0.6 is 0 Å². The Balaban J connectivity index is 1.64. The van der Waals surface area contributed by atoms with Gasteiger partial charge in [0.05, 0.1) is 24.7 Å². The minimum absolute atomic E-state index is 0.0207. The van der Waals surface area contributed by atoms with E-state index in [1.54, 1.807) is 0 Å². The number of H-pyrrole nitrogens is 1. The summed E-state index contributed by atoms with van der Waals surface area (Å²) in [6.07, 6.45) is 9.60. The van der Waals surface area contributed by atoms with Crippen LogP contribution in [0.2, 0.25) is 0 Å². The summed E-state index contributed by atoms with van der Waals surface area (Å²) < 4.78 is 2.05. The van der Waals surface area contributed by atoms with Gasteiger partial charge in [-0.15, -0.1) is 5.10 Å². The van der Waals surface area contributed by atoms with Crippen molar-refractivity contribution in [3.8, 4) is 0 Å². The summed E-state index contributed by atoms with van der Waals surface area (Å²) in [4.78, 5) is 17.8.